The number of hydrogen-bond donors (Lipinski definition) is 1. The molecule has 1 N–H and O–H groups in total. The molecule has 2 aromatic rings. The fraction of sp³-hybridized carbons (Fsp3) is 0.133. The van der Waals surface area contributed by atoms with Crippen molar-refractivity contribution in [3.63, 3.8) is 0 Å². The van der Waals surface area contributed by atoms with Crippen LogP contribution < -0.4 is 9.47 Å². The van der Waals surface area contributed by atoms with Gasteiger partial charge in [-0.25, -0.2) is 9.18 Å². The molecule has 2 aromatic carbocycles. The quantitative estimate of drug-likeness (QED) is 0.913. The molecule has 2 rings (SSSR count). The first kappa shape index (κ1) is 15.1. The molecule has 6 heteroatoms. The van der Waals surface area contributed by atoms with E-state index in [1.165, 1.54) is 37.4 Å². The summed E-state index contributed by atoms with van der Waals surface area (Å²) in [6, 6.07) is 8.78. The topological polar surface area (TPSA) is 55.8 Å². The minimum atomic E-state index is -1.09. The lowest BCUT2D eigenvalue weighted by atomic mass is 10.2. The van der Waals surface area contributed by atoms with Gasteiger partial charge in [0.2, 0.25) is 0 Å². The Morgan fingerprint density at radius 1 is 1.29 bits per heavy atom. The number of benzene rings is 2. The maximum absolute atomic E-state index is 13.8. The van der Waals surface area contributed by atoms with Gasteiger partial charge in [-0.3, -0.25) is 0 Å². The second-order valence-corrected chi connectivity index (χ2v) is 4.58. The number of ether oxygens (including phenoxy) is 2. The van der Waals surface area contributed by atoms with E-state index in [2.05, 4.69) is 0 Å². The Labute approximate surface area is 125 Å². The number of carboxylic acid groups (broad SMARTS) is 1. The number of rotatable bonds is 5. The van der Waals surface area contributed by atoms with Gasteiger partial charge in [0, 0.05) is 5.56 Å². The van der Waals surface area contributed by atoms with Crippen LogP contribution in [-0.4, -0.2) is 18.2 Å². The van der Waals surface area contributed by atoms with E-state index >= 15 is 0 Å². The number of aromatic carboxylic acids is 1. The van der Waals surface area contributed by atoms with Crippen molar-refractivity contribution >= 4 is 17.6 Å². The molecule has 21 heavy (non-hydrogen) atoms. The van der Waals surface area contributed by atoms with Crippen LogP contribution in [0.25, 0.3) is 0 Å². The van der Waals surface area contributed by atoms with E-state index in [1.54, 1.807) is 6.07 Å². The summed E-state index contributed by atoms with van der Waals surface area (Å²) in [7, 11) is 1.43. The number of methoxy groups -OCH3 is 1. The standard InChI is InChI=1S/C15H12ClFO4/c1-20-12-6-5-9(15(18)19)7-13(12)21-8-10-3-2-4-11(16)14(10)17/h2-7H,8H2,1H3,(H,18,19). The summed E-state index contributed by atoms with van der Waals surface area (Å²) >= 11 is 5.69. The van der Waals surface area contributed by atoms with Gasteiger partial charge in [0.1, 0.15) is 12.4 Å². The molecule has 0 amide bonds. The first-order valence-electron chi connectivity index (χ1n) is 6.00. The van der Waals surface area contributed by atoms with Gasteiger partial charge in [0.25, 0.3) is 0 Å². The molecule has 0 radical (unpaired) electrons. The average Bonchev–Trinajstić information content (AvgIpc) is 2.48. The van der Waals surface area contributed by atoms with Crippen LogP contribution >= 0.6 is 11.6 Å². The Balaban J connectivity index is 2.24. The van der Waals surface area contributed by atoms with Gasteiger partial charge in [0.15, 0.2) is 11.5 Å². The van der Waals surface area contributed by atoms with E-state index in [4.69, 9.17) is 26.2 Å². The van der Waals surface area contributed by atoms with Crippen LogP contribution in [0.2, 0.25) is 5.02 Å². The Morgan fingerprint density at radius 2 is 2.05 bits per heavy atom. The lowest BCUT2D eigenvalue weighted by molar-refractivity contribution is 0.0696. The van der Waals surface area contributed by atoms with Gasteiger partial charge >= 0.3 is 5.97 Å². The van der Waals surface area contributed by atoms with E-state index in [0.29, 0.717) is 5.75 Å². The van der Waals surface area contributed by atoms with Crippen molar-refractivity contribution in [1.82, 2.24) is 0 Å². The molecular weight excluding hydrogens is 299 g/mol. The molecule has 0 aliphatic carbocycles. The van der Waals surface area contributed by atoms with Crippen LogP contribution in [0.1, 0.15) is 15.9 Å². The first-order chi connectivity index (χ1) is 10.0. The molecule has 0 saturated carbocycles. The highest BCUT2D eigenvalue weighted by molar-refractivity contribution is 6.30. The monoisotopic (exact) mass is 310 g/mol. The maximum atomic E-state index is 13.8. The molecule has 0 aliphatic rings. The lowest BCUT2D eigenvalue weighted by Crippen LogP contribution is -2.03. The normalized spacial score (nSPS) is 10.2. The average molecular weight is 311 g/mol. The highest BCUT2D eigenvalue weighted by atomic mass is 35.5. The number of halogens is 2. The molecule has 110 valence electrons. The molecule has 0 saturated heterocycles. The highest BCUT2D eigenvalue weighted by Crippen LogP contribution is 2.29. The van der Waals surface area contributed by atoms with E-state index in [0.717, 1.165) is 0 Å². The second-order valence-electron chi connectivity index (χ2n) is 4.17. The van der Waals surface area contributed by atoms with E-state index < -0.39 is 11.8 Å². The van der Waals surface area contributed by atoms with Crippen LogP contribution in [0.5, 0.6) is 11.5 Å². The zero-order valence-electron chi connectivity index (χ0n) is 11.1. The molecule has 0 atom stereocenters. The van der Waals surface area contributed by atoms with Crippen molar-refractivity contribution in [2.75, 3.05) is 7.11 Å². The van der Waals surface area contributed by atoms with Crippen LogP contribution in [0.15, 0.2) is 36.4 Å². The van der Waals surface area contributed by atoms with Crippen LogP contribution in [0, 0.1) is 5.82 Å². The molecule has 0 spiro atoms. The largest absolute Gasteiger partial charge is 0.493 e. The van der Waals surface area contributed by atoms with Crippen LogP contribution in [0.3, 0.4) is 0 Å². The number of hydrogen-bond acceptors (Lipinski definition) is 3. The summed E-state index contributed by atoms with van der Waals surface area (Å²) in [6.45, 7) is -0.0914. The summed E-state index contributed by atoms with van der Waals surface area (Å²) in [5.41, 5.74) is 0.322. The van der Waals surface area contributed by atoms with E-state index in [9.17, 15) is 9.18 Å². The first-order valence-corrected chi connectivity index (χ1v) is 6.37. The molecule has 0 aromatic heterocycles. The minimum Gasteiger partial charge on any atom is -0.493 e. The predicted octanol–water partition coefficient (Wildman–Crippen LogP) is 3.76. The summed E-state index contributed by atoms with van der Waals surface area (Å²) in [5.74, 6) is -1.07. The molecule has 0 heterocycles. The van der Waals surface area contributed by atoms with Crippen molar-refractivity contribution < 1.29 is 23.8 Å². The van der Waals surface area contributed by atoms with Gasteiger partial charge in [-0.1, -0.05) is 23.7 Å². The zero-order valence-corrected chi connectivity index (χ0v) is 11.9. The van der Waals surface area contributed by atoms with Gasteiger partial charge in [-0.15, -0.1) is 0 Å². The highest BCUT2D eigenvalue weighted by Gasteiger charge is 2.12. The SMILES string of the molecule is COc1ccc(C(=O)O)cc1OCc1cccc(Cl)c1F. The summed E-state index contributed by atoms with van der Waals surface area (Å²) in [6.07, 6.45) is 0. The molecule has 0 aliphatic heterocycles. The fourth-order valence-electron chi connectivity index (χ4n) is 1.74. The van der Waals surface area contributed by atoms with E-state index in [-0.39, 0.29) is 28.5 Å². The van der Waals surface area contributed by atoms with Crippen LogP contribution in [-0.2, 0) is 6.61 Å². The zero-order chi connectivity index (χ0) is 15.4. The predicted molar refractivity (Wildman–Crippen MR) is 75.7 cm³/mol. The maximum Gasteiger partial charge on any atom is 0.335 e. The van der Waals surface area contributed by atoms with Crippen LogP contribution in [0.4, 0.5) is 4.39 Å². The molecule has 0 fully saturated rings. The number of carbonyl (C=O) groups is 1. The third-order valence-corrected chi connectivity index (χ3v) is 3.12. The summed E-state index contributed by atoms with van der Waals surface area (Å²) in [4.78, 5) is 11.0. The van der Waals surface area contributed by atoms with E-state index in [1.807, 2.05) is 0 Å². The second kappa shape index (κ2) is 6.45. The Kier molecular flexibility index (Phi) is 4.65. The van der Waals surface area contributed by atoms with Crippen molar-refractivity contribution in [1.29, 1.82) is 0 Å². The van der Waals surface area contributed by atoms with Crippen molar-refractivity contribution in [2.45, 2.75) is 6.61 Å². The van der Waals surface area contributed by atoms with Gasteiger partial charge < -0.3 is 14.6 Å². The van der Waals surface area contributed by atoms with Crippen molar-refractivity contribution in [3.05, 3.63) is 58.4 Å². The van der Waals surface area contributed by atoms with Crippen molar-refractivity contribution in [3.8, 4) is 11.5 Å². The Hall–Kier alpha value is -2.27. The molecular formula is C15H12ClFO4. The Bertz CT molecular complexity index is 673. The third kappa shape index (κ3) is 3.44. The lowest BCUT2D eigenvalue weighted by Gasteiger charge is -2.12. The summed E-state index contributed by atoms with van der Waals surface area (Å²) in [5, 5.41) is 8.97. The fourth-order valence-corrected chi connectivity index (χ4v) is 1.93. The number of carboxylic acids is 1. The van der Waals surface area contributed by atoms with Gasteiger partial charge in [0.05, 0.1) is 17.7 Å². The molecule has 4 nitrogen and oxygen atoms in total. The Morgan fingerprint density at radius 3 is 2.71 bits per heavy atom. The molecule has 0 bridgehead atoms. The third-order valence-electron chi connectivity index (χ3n) is 2.83. The smallest absolute Gasteiger partial charge is 0.335 e. The van der Waals surface area contributed by atoms with Gasteiger partial charge in [-0.2, -0.15) is 0 Å². The van der Waals surface area contributed by atoms with Crippen molar-refractivity contribution in [2.24, 2.45) is 0 Å². The summed E-state index contributed by atoms with van der Waals surface area (Å²) < 4.78 is 24.3. The minimum absolute atomic E-state index is 0.00218. The molecule has 0 unspecified atom stereocenters. The van der Waals surface area contributed by atoms with Gasteiger partial charge in [-0.05, 0) is 24.3 Å².